The molecule has 1 saturated heterocycles. The maximum Gasteiger partial charge on any atom is 0.322 e. The van der Waals surface area contributed by atoms with E-state index in [1.807, 2.05) is 6.92 Å². The summed E-state index contributed by atoms with van der Waals surface area (Å²) in [6, 6.07) is 3.73. The zero-order valence-corrected chi connectivity index (χ0v) is 14.8. The molecule has 1 aromatic carbocycles. The molecule has 0 aromatic heterocycles. The predicted octanol–water partition coefficient (Wildman–Crippen LogP) is 2.68. The topological polar surface area (TPSA) is 74.7 Å². The van der Waals surface area contributed by atoms with Gasteiger partial charge in [0.2, 0.25) is 10.0 Å². The molecule has 1 aromatic rings. The fraction of sp³-hybridized carbons (Fsp3) is 0.462. The minimum absolute atomic E-state index is 0.135. The summed E-state index contributed by atoms with van der Waals surface area (Å²) in [7, 11) is -3.82. The van der Waals surface area contributed by atoms with Crippen LogP contribution in [0.1, 0.15) is 18.9 Å². The summed E-state index contributed by atoms with van der Waals surface area (Å²) in [4.78, 5) is 11.5. The van der Waals surface area contributed by atoms with Crippen molar-refractivity contribution in [1.29, 1.82) is 0 Å². The van der Waals surface area contributed by atoms with E-state index in [2.05, 4.69) is 15.9 Å². The number of rotatable bonds is 4. The molecule has 2 atom stereocenters. The Morgan fingerprint density at radius 3 is 2.71 bits per heavy atom. The first-order valence-corrected chi connectivity index (χ1v) is 9.71. The van der Waals surface area contributed by atoms with Crippen LogP contribution in [0.25, 0.3) is 0 Å². The van der Waals surface area contributed by atoms with Gasteiger partial charge in [0.25, 0.3) is 0 Å². The van der Waals surface area contributed by atoms with E-state index in [-0.39, 0.29) is 16.0 Å². The van der Waals surface area contributed by atoms with Crippen molar-refractivity contribution < 1.29 is 18.3 Å². The minimum atomic E-state index is -3.82. The first kappa shape index (κ1) is 16.8. The molecule has 116 valence electrons. The molecule has 1 aliphatic rings. The molecule has 2 rings (SSSR count). The fourth-order valence-corrected chi connectivity index (χ4v) is 6.12. The summed E-state index contributed by atoms with van der Waals surface area (Å²) >= 11 is 4.71. The van der Waals surface area contributed by atoms with Crippen molar-refractivity contribution in [2.45, 2.75) is 36.6 Å². The highest BCUT2D eigenvalue weighted by atomic mass is 79.9. The number of halogens is 1. The highest BCUT2D eigenvalue weighted by Gasteiger charge is 2.45. The summed E-state index contributed by atoms with van der Waals surface area (Å²) < 4.78 is 27.6. The standard InChI is InChI=1S/C13H16BrNO4S2/c1-3-12-15(11(7-20-12)13(16)17)21(18,19)9-4-5-10(14)8(2)6-9/h4-6,11-12H,3,7H2,1-2H3,(H,16,17). The van der Waals surface area contributed by atoms with Crippen LogP contribution in [0, 0.1) is 6.92 Å². The number of hydrogen-bond donors (Lipinski definition) is 1. The van der Waals surface area contributed by atoms with Crippen LogP contribution < -0.4 is 0 Å². The van der Waals surface area contributed by atoms with Crippen LogP contribution in [0.3, 0.4) is 0 Å². The highest BCUT2D eigenvalue weighted by molar-refractivity contribution is 9.10. The Kier molecular flexibility index (Phi) is 5.02. The second-order valence-electron chi connectivity index (χ2n) is 4.80. The van der Waals surface area contributed by atoms with Gasteiger partial charge < -0.3 is 5.11 Å². The van der Waals surface area contributed by atoms with E-state index < -0.39 is 22.0 Å². The van der Waals surface area contributed by atoms with Crippen molar-refractivity contribution >= 4 is 43.7 Å². The van der Waals surface area contributed by atoms with Crippen LogP contribution in [-0.2, 0) is 14.8 Å². The molecule has 21 heavy (non-hydrogen) atoms. The van der Waals surface area contributed by atoms with Gasteiger partial charge in [0.05, 0.1) is 10.3 Å². The second kappa shape index (κ2) is 6.28. The van der Waals surface area contributed by atoms with Gasteiger partial charge in [-0.2, -0.15) is 4.31 Å². The van der Waals surface area contributed by atoms with Crippen LogP contribution in [0.5, 0.6) is 0 Å². The normalized spacial score (nSPS) is 23.4. The van der Waals surface area contributed by atoms with Crippen LogP contribution in [0.2, 0.25) is 0 Å². The summed E-state index contributed by atoms with van der Waals surface area (Å²) in [5.41, 5.74) is 0.794. The molecule has 5 nitrogen and oxygen atoms in total. The SMILES string of the molecule is CCC1SCC(C(=O)O)N1S(=O)(=O)c1ccc(Br)c(C)c1. The van der Waals surface area contributed by atoms with Crippen LogP contribution in [0.4, 0.5) is 0 Å². The number of nitrogens with zero attached hydrogens (tertiary/aromatic N) is 1. The van der Waals surface area contributed by atoms with Crippen molar-refractivity contribution in [3.63, 3.8) is 0 Å². The number of aliphatic carboxylic acids is 1. The zero-order chi connectivity index (χ0) is 15.8. The summed E-state index contributed by atoms with van der Waals surface area (Å²) in [6.45, 7) is 3.66. The number of benzene rings is 1. The molecule has 1 N–H and O–H groups in total. The average Bonchev–Trinajstić information content (AvgIpc) is 2.86. The van der Waals surface area contributed by atoms with E-state index in [1.54, 1.807) is 19.1 Å². The smallest absolute Gasteiger partial charge is 0.322 e. The number of aryl methyl sites for hydroxylation is 1. The number of sulfonamides is 1. The summed E-state index contributed by atoms with van der Waals surface area (Å²) in [6.07, 6.45) is 0.573. The van der Waals surface area contributed by atoms with E-state index >= 15 is 0 Å². The van der Waals surface area contributed by atoms with Crippen molar-refractivity contribution in [1.82, 2.24) is 4.31 Å². The number of hydrogen-bond acceptors (Lipinski definition) is 4. The Labute approximate surface area is 136 Å². The van der Waals surface area contributed by atoms with Gasteiger partial charge in [0.15, 0.2) is 0 Å². The minimum Gasteiger partial charge on any atom is -0.480 e. The van der Waals surface area contributed by atoms with Gasteiger partial charge in [-0.05, 0) is 37.1 Å². The Hall–Kier alpha value is -0.570. The maximum absolute atomic E-state index is 12.8. The van der Waals surface area contributed by atoms with Crippen molar-refractivity contribution in [3.05, 3.63) is 28.2 Å². The molecule has 0 amide bonds. The molecule has 0 radical (unpaired) electrons. The predicted molar refractivity (Wildman–Crippen MR) is 85.9 cm³/mol. The van der Waals surface area contributed by atoms with E-state index in [0.717, 1.165) is 14.3 Å². The second-order valence-corrected chi connectivity index (χ2v) is 8.70. The van der Waals surface area contributed by atoms with Gasteiger partial charge in [-0.25, -0.2) is 8.42 Å². The van der Waals surface area contributed by atoms with E-state index in [9.17, 15) is 18.3 Å². The third-order valence-electron chi connectivity index (χ3n) is 3.38. The van der Waals surface area contributed by atoms with E-state index in [0.29, 0.717) is 6.42 Å². The van der Waals surface area contributed by atoms with Gasteiger partial charge in [-0.3, -0.25) is 4.79 Å². The van der Waals surface area contributed by atoms with Crippen molar-refractivity contribution in [2.24, 2.45) is 0 Å². The zero-order valence-electron chi connectivity index (χ0n) is 11.6. The maximum atomic E-state index is 12.8. The molecule has 0 spiro atoms. The van der Waals surface area contributed by atoms with Crippen LogP contribution in [-0.4, -0.2) is 41.0 Å². The van der Waals surface area contributed by atoms with E-state index in [4.69, 9.17) is 0 Å². The highest BCUT2D eigenvalue weighted by Crippen LogP contribution is 2.36. The molecule has 1 heterocycles. The van der Waals surface area contributed by atoms with E-state index in [1.165, 1.54) is 17.8 Å². The molecule has 1 aliphatic heterocycles. The molecule has 8 heteroatoms. The van der Waals surface area contributed by atoms with Crippen molar-refractivity contribution in [3.8, 4) is 0 Å². The number of thioether (sulfide) groups is 1. The Morgan fingerprint density at radius 2 is 2.19 bits per heavy atom. The van der Waals surface area contributed by atoms with Crippen LogP contribution >= 0.6 is 27.7 Å². The number of carbonyl (C=O) groups is 1. The third-order valence-corrected chi connectivity index (χ3v) is 7.77. The van der Waals surface area contributed by atoms with Gasteiger partial charge >= 0.3 is 5.97 Å². The Balaban J connectivity index is 2.49. The molecule has 0 aliphatic carbocycles. The molecule has 0 bridgehead atoms. The molecule has 0 saturated carbocycles. The monoisotopic (exact) mass is 393 g/mol. The summed E-state index contributed by atoms with van der Waals surface area (Å²) in [5.74, 6) is -0.821. The molecular weight excluding hydrogens is 378 g/mol. The molecule has 1 fully saturated rings. The van der Waals surface area contributed by atoms with Crippen molar-refractivity contribution in [2.75, 3.05) is 5.75 Å². The van der Waals surface area contributed by atoms with Crippen LogP contribution in [0.15, 0.2) is 27.6 Å². The molecular formula is C13H16BrNO4S2. The quantitative estimate of drug-likeness (QED) is 0.850. The lowest BCUT2D eigenvalue weighted by molar-refractivity contribution is -0.140. The number of carboxylic acids is 1. The number of carboxylic acid groups (broad SMARTS) is 1. The lowest BCUT2D eigenvalue weighted by Gasteiger charge is -2.26. The van der Waals surface area contributed by atoms with Gasteiger partial charge in [-0.15, -0.1) is 11.8 Å². The first-order valence-electron chi connectivity index (χ1n) is 6.43. The van der Waals surface area contributed by atoms with Gasteiger partial charge in [0, 0.05) is 10.2 Å². The summed E-state index contributed by atoms with van der Waals surface area (Å²) in [5, 5.41) is 8.95. The third kappa shape index (κ3) is 3.13. The average molecular weight is 394 g/mol. The molecule has 2 unspecified atom stereocenters. The first-order chi connectivity index (χ1) is 9.78. The van der Waals surface area contributed by atoms with Gasteiger partial charge in [-0.1, -0.05) is 22.9 Å². The van der Waals surface area contributed by atoms with Gasteiger partial charge in [0.1, 0.15) is 6.04 Å². The largest absolute Gasteiger partial charge is 0.480 e. The lowest BCUT2D eigenvalue weighted by atomic mass is 10.2. The Morgan fingerprint density at radius 1 is 1.52 bits per heavy atom. The lowest BCUT2D eigenvalue weighted by Crippen LogP contribution is -2.45. The Bertz CT molecular complexity index is 662. The fourth-order valence-electron chi connectivity index (χ4n) is 2.25.